The molecule has 8 heavy (non-hydrogen) atoms. The van der Waals surface area contributed by atoms with Gasteiger partial charge in [0.1, 0.15) is 0 Å². The summed E-state index contributed by atoms with van der Waals surface area (Å²) in [5.41, 5.74) is 0. The summed E-state index contributed by atoms with van der Waals surface area (Å²) in [5.74, 6) is 0. The van der Waals surface area contributed by atoms with E-state index in [2.05, 4.69) is 36.6 Å². The summed E-state index contributed by atoms with van der Waals surface area (Å²) in [6.45, 7) is 2.85. The minimum absolute atomic E-state index is 0.806. The third kappa shape index (κ3) is 28.4. The van der Waals surface area contributed by atoms with Crippen molar-refractivity contribution in [3.8, 4) is 0 Å². The third-order valence-electron chi connectivity index (χ3n) is 0.281. The molecule has 0 unspecified atom stereocenters. The standard InChI is InChI=1S/C3H7BrO.C2H5Br/c1-5-3-2-4;1-2-3/h2-3H2,1H3;2H2,1H3. The fourth-order valence-electron chi connectivity index (χ4n) is 0.0772. The van der Waals surface area contributed by atoms with Crippen LogP contribution in [-0.2, 0) is 4.74 Å². The summed E-state index contributed by atoms with van der Waals surface area (Å²) in [6, 6.07) is 0. The quantitative estimate of drug-likeness (QED) is 0.682. The topological polar surface area (TPSA) is 9.23 Å². The normalized spacial score (nSPS) is 7.50. The zero-order valence-electron chi connectivity index (χ0n) is 5.29. The number of hydrogen-bond acceptors (Lipinski definition) is 1. The SMILES string of the molecule is CCBr.COCCBr. The maximum atomic E-state index is 4.64. The van der Waals surface area contributed by atoms with Gasteiger partial charge in [0.2, 0.25) is 0 Å². The Hall–Kier alpha value is 0.920. The highest BCUT2D eigenvalue weighted by Crippen LogP contribution is 1.75. The van der Waals surface area contributed by atoms with Crippen molar-refractivity contribution in [3.63, 3.8) is 0 Å². The van der Waals surface area contributed by atoms with Crippen molar-refractivity contribution >= 4 is 31.9 Å². The fourth-order valence-corrected chi connectivity index (χ4v) is 0.401. The third-order valence-corrected chi connectivity index (χ3v) is 0.605. The number of methoxy groups -OCH3 is 1. The van der Waals surface area contributed by atoms with Crippen LogP contribution < -0.4 is 0 Å². The lowest BCUT2D eigenvalue weighted by Crippen LogP contribution is -1.85. The van der Waals surface area contributed by atoms with Gasteiger partial charge in [-0.1, -0.05) is 38.8 Å². The van der Waals surface area contributed by atoms with Crippen LogP contribution in [0.15, 0.2) is 0 Å². The van der Waals surface area contributed by atoms with Crippen molar-refractivity contribution in [3.05, 3.63) is 0 Å². The van der Waals surface area contributed by atoms with Gasteiger partial charge in [0.05, 0.1) is 6.61 Å². The lowest BCUT2D eigenvalue weighted by molar-refractivity contribution is 0.219. The van der Waals surface area contributed by atoms with Gasteiger partial charge in [0.25, 0.3) is 0 Å². The van der Waals surface area contributed by atoms with Gasteiger partial charge in [-0.15, -0.1) is 0 Å². The Bertz CT molecular complexity index is 24.4. The highest BCUT2D eigenvalue weighted by Gasteiger charge is 1.68. The number of hydrogen-bond donors (Lipinski definition) is 0. The molecule has 0 N–H and O–H groups in total. The molecular weight excluding hydrogens is 236 g/mol. The predicted octanol–water partition coefficient (Wildman–Crippen LogP) is 2.43. The maximum Gasteiger partial charge on any atom is 0.0559 e. The molecule has 0 aromatic rings. The lowest BCUT2D eigenvalue weighted by atomic mass is 10.9. The van der Waals surface area contributed by atoms with Crippen molar-refractivity contribution in [1.82, 2.24) is 0 Å². The van der Waals surface area contributed by atoms with E-state index in [-0.39, 0.29) is 0 Å². The van der Waals surface area contributed by atoms with Crippen LogP contribution in [-0.4, -0.2) is 24.4 Å². The highest BCUT2D eigenvalue weighted by atomic mass is 79.9. The first-order valence-corrected chi connectivity index (χ1v) is 4.68. The van der Waals surface area contributed by atoms with Crippen molar-refractivity contribution < 1.29 is 4.74 Å². The van der Waals surface area contributed by atoms with Gasteiger partial charge < -0.3 is 4.74 Å². The number of rotatable bonds is 2. The van der Waals surface area contributed by atoms with Gasteiger partial charge in [-0.25, -0.2) is 0 Å². The Labute approximate surface area is 68.1 Å². The second kappa shape index (κ2) is 15.7. The first-order chi connectivity index (χ1) is 3.83. The summed E-state index contributed by atoms with van der Waals surface area (Å²) < 4.78 is 4.64. The Balaban J connectivity index is 0. The molecule has 3 heteroatoms. The van der Waals surface area contributed by atoms with Gasteiger partial charge in [-0.3, -0.25) is 0 Å². The largest absolute Gasteiger partial charge is 0.384 e. The van der Waals surface area contributed by atoms with Crippen molar-refractivity contribution in [2.45, 2.75) is 6.92 Å². The van der Waals surface area contributed by atoms with Crippen LogP contribution in [0.2, 0.25) is 0 Å². The predicted molar refractivity (Wildman–Crippen MR) is 45.1 cm³/mol. The van der Waals surface area contributed by atoms with E-state index in [9.17, 15) is 0 Å². The van der Waals surface area contributed by atoms with E-state index in [1.807, 2.05) is 6.92 Å². The summed E-state index contributed by atoms with van der Waals surface area (Å²) in [5, 5.41) is 2.00. The maximum absolute atomic E-state index is 4.64. The highest BCUT2D eigenvalue weighted by molar-refractivity contribution is 9.09. The van der Waals surface area contributed by atoms with Crippen LogP contribution in [0.3, 0.4) is 0 Å². The molecule has 0 rings (SSSR count). The minimum atomic E-state index is 0.806. The van der Waals surface area contributed by atoms with Gasteiger partial charge in [-0.05, 0) is 0 Å². The Morgan fingerprint density at radius 2 is 1.75 bits per heavy atom. The molecule has 0 bridgehead atoms. The zero-order chi connectivity index (χ0) is 6.83. The van der Waals surface area contributed by atoms with Gasteiger partial charge in [0, 0.05) is 17.8 Å². The minimum Gasteiger partial charge on any atom is -0.384 e. The molecule has 0 aliphatic rings. The molecule has 0 aliphatic carbocycles. The molecule has 52 valence electrons. The second-order valence-corrected chi connectivity index (χ2v) is 2.86. The van der Waals surface area contributed by atoms with E-state index in [1.165, 1.54) is 0 Å². The Morgan fingerprint density at radius 1 is 1.38 bits per heavy atom. The van der Waals surface area contributed by atoms with E-state index < -0.39 is 0 Å². The zero-order valence-corrected chi connectivity index (χ0v) is 8.46. The molecule has 0 saturated carbocycles. The van der Waals surface area contributed by atoms with Crippen LogP contribution >= 0.6 is 31.9 Å². The molecule has 0 amide bonds. The Kier molecular flexibility index (Phi) is 22.9. The van der Waals surface area contributed by atoms with E-state index in [0.717, 1.165) is 17.3 Å². The van der Waals surface area contributed by atoms with Gasteiger partial charge >= 0.3 is 0 Å². The fraction of sp³-hybridized carbons (Fsp3) is 1.00. The van der Waals surface area contributed by atoms with Crippen molar-refractivity contribution in [2.75, 3.05) is 24.4 Å². The smallest absolute Gasteiger partial charge is 0.0559 e. The molecule has 0 aliphatic heterocycles. The Morgan fingerprint density at radius 3 is 1.75 bits per heavy atom. The number of ether oxygens (including phenoxy) is 1. The lowest BCUT2D eigenvalue weighted by Gasteiger charge is -1.83. The van der Waals surface area contributed by atoms with E-state index >= 15 is 0 Å². The average molecular weight is 248 g/mol. The van der Waals surface area contributed by atoms with E-state index in [4.69, 9.17) is 0 Å². The first-order valence-electron chi connectivity index (χ1n) is 2.44. The summed E-state index contributed by atoms with van der Waals surface area (Å²) >= 11 is 6.33. The summed E-state index contributed by atoms with van der Waals surface area (Å²) in [6.07, 6.45) is 0. The van der Waals surface area contributed by atoms with Crippen LogP contribution in [0.25, 0.3) is 0 Å². The van der Waals surface area contributed by atoms with Crippen LogP contribution in [0, 0.1) is 0 Å². The molecule has 0 saturated heterocycles. The molecule has 0 aromatic carbocycles. The molecule has 1 nitrogen and oxygen atoms in total. The van der Waals surface area contributed by atoms with Crippen molar-refractivity contribution in [2.24, 2.45) is 0 Å². The molecule has 0 atom stereocenters. The summed E-state index contributed by atoms with van der Waals surface area (Å²) in [4.78, 5) is 0. The second-order valence-electron chi connectivity index (χ2n) is 0.949. The molecule has 0 radical (unpaired) electrons. The van der Waals surface area contributed by atoms with Crippen molar-refractivity contribution in [1.29, 1.82) is 0 Å². The molecular formula is C5H12Br2O. The van der Waals surface area contributed by atoms with E-state index in [0.29, 0.717) is 0 Å². The van der Waals surface area contributed by atoms with Crippen LogP contribution in [0.5, 0.6) is 0 Å². The van der Waals surface area contributed by atoms with E-state index in [1.54, 1.807) is 7.11 Å². The number of halogens is 2. The first kappa shape index (κ1) is 11.7. The summed E-state index contributed by atoms with van der Waals surface area (Å²) in [7, 11) is 1.68. The molecule has 0 aromatic heterocycles. The molecule has 0 heterocycles. The van der Waals surface area contributed by atoms with Gasteiger partial charge in [0.15, 0.2) is 0 Å². The average Bonchev–Trinajstić information content (AvgIpc) is 1.71. The molecule has 0 spiro atoms. The van der Waals surface area contributed by atoms with Gasteiger partial charge in [-0.2, -0.15) is 0 Å². The number of alkyl halides is 2. The van der Waals surface area contributed by atoms with Crippen LogP contribution in [0.4, 0.5) is 0 Å². The van der Waals surface area contributed by atoms with Crippen LogP contribution in [0.1, 0.15) is 6.92 Å². The monoisotopic (exact) mass is 246 g/mol. The molecule has 0 fully saturated rings.